The SMILES string of the molecule is CC.CC.O.O=c1c2ccc(-c3ccc4c5c3cccc5c(=O)n3c5cc(-c6ccccc6)cc(-c6ccccc6)c5nc43)c3cccc(c32)c2nc3c(-c4ccccc4)cc(-c4ccccc4)cc3n12. The second-order valence-corrected chi connectivity index (χ2v) is 17.2. The fourth-order valence-corrected chi connectivity index (χ4v) is 10.6. The molecule has 4 heterocycles. The molecule has 14 aromatic rings. The van der Waals surface area contributed by atoms with Crippen LogP contribution in [0.1, 0.15) is 27.7 Å². The van der Waals surface area contributed by atoms with E-state index in [0.29, 0.717) is 22.1 Å². The van der Waals surface area contributed by atoms with E-state index in [1.807, 2.05) is 119 Å². The van der Waals surface area contributed by atoms with Crippen LogP contribution in [0.15, 0.2) is 216 Å². The maximum Gasteiger partial charge on any atom is 0.264 e. The lowest BCUT2D eigenvalue weighted by Crippen LogP contribution is -2.13. The van der Waals surface area contributed by atoms with Gasteiger partial charge in [0, 0.05) is 43.4 Å². The van der Waals surface area contributed by atoms with Crippen molar-refractivity contribution in [1.29, 1.82) is 0 Å². The number of imidazole rings is 2. The van der Waals surface area contributed by atoms with E-state index < -0.39 is 0 Å². The number of pyridine rings is 2. The normalized spacial score (nSPS) is 11.4. The standard InChI is InChI=1S/C60H34N4O2.2C2H6.H2O/c65-59-47-26-14-24-44-41(27-29-46(54(44)47)58-62-56-50(38-21-11-4-12-22-38)32-40(34-52(56)64(58)59)36-17-7-2-8-18-36)42-28-30-48-53-43(42)23-13-25-45(53)57-61-55-49(37-19-9-3-10-20-37)31-39(35-15-5-1-6-16-35)33-51(55)63(57)60(48)66;2*1-2;/h1-34H;2*1-2H3;1H2. The number of fused-ring (bicyclic) bond motifs is 8. The van der Waals surface area contributed by atoms with Crippen molar-refractivity contribution < 1.29 is 5.48 Å². The molecular weight excluding hydrogens is 873 g/mol. The maximum absolute atomic E-state index is 15.0. The van der Waals surface area contributed by atoms with Crippen molar-refractivity contribution in [2.45, 2.75) is 27.7 Å². The molecule has 4 aromatic heterocycles. The van der Waals surface area contributed by atoms with E-state index in [9.17, 15) is 9.59 Å². The highest BCUT2D eigenvalue weighted by molar-refractivity contribution is 6.24. The highest BCUT2D eigenvalue weighted by Crippen LogP contribution is 2.43. The Morgan fingerprint density at radius 3 is 1.07 bits per heavy atom. The van der Waals surface area contributed by atoms with Gasteiger partial charge in [0.1, 0.15) is 11.3 Å². The molecule has 0 fully saturated rings. The van der Waals surface area contributed by atoms with Gasteiger partial charge >= 0.3 is 0 Å². The van der Waals surface area contributed by atoms with Crippen molar-refractivity contribution in [2.75, 3.05) is 0 Å². The zero-order chi connectivity index (χ0) is 47.6. The first kappa shape index (κ1) is 44.5. The Kier molecular flexibility index (Phi) is 11.1. The molecule has 7 nitrogen and oxygen atoms in total. The Labute approximate surface area is 409 Å². The molecule has 0 atom stereocenters. The smallest absolute Gasteiger partial charge is 0.264 e. The molecule has 14 rings (SSSR count). The fourth-order valence-electron chi connectivity index (χ4n) is 10.6. The average Bonchev–Trinajstić information content (AvgIpc) is 4.03. The fraction of sp³-hybridized carbons (Fsp3) is 0.0625. The summed E-state index contributed by atoms with van der Waals surface area (Å²) in [6, 6.07) is 70.2. The van der Waals surface area contributed by atoms with Crippen LogP contribution in [0.4, 0.5) is 0 Å². The summed E-state index contributed by atoms with van der Waals surface area (Å²) in [5.74, 6) is 0. The van der Waals surface area contributed by atoms with Crippen LogP contribution >= 0.6 is 0 Å². The monoisotopic (exact) mass is 920 g/mol. The number of benzene rings is 10. The van der Waals surface area contributed by atoms with Crippen molar-refractivity contribution in [3.05, 3.63) is 227 Å². The molecule has 0 radical (unpaired) electrons. The molecule has 342 valence electrons. The summed E-state index contributed by atoms with van der Waals surface area (Å²) in [6.07, 6.45) is 0. The van der Waals surface area contributed by atoms with Gasteiger partial charge in [0.2, 0.25) is 0 Å². The first-order valence-electron chi connectivity index (χ1n) is 24.2. The lowest BCUT2D eigenvalue weighted by molar-refractivity contribution is 0.824. The Morgan fingerprint density at radius 2 is 0.648 bits per heavy atom. The van der Waals surface area contributed by atoms with Crippen molar-refractivity contribution in [2.24, 2.45) is 0 Å². The topological polar surface area (TPSA) is 100 Å². The van der Waals surface area contributed by atoms with Crippen molar-refractivity contribution >= 4 is 76.5 Å². The molecular formula is C64H48N4O3. The minimum atomic E-state index is -0.112. The minimum Gasteiger partial charge on any atom is -0.412 e. The highest BCUT2D eigenvalue weighted by atomic mass is 16.1. The number of rotatable bonds is 5. The summed E-state index contributed by atoms with van der Waals surface area (Å²) >= 11 is 0. The van der Waals surface area contributed by atoms with Crippen LogP contribution in [0.2, 0.25) is 0 Å². The molecule has 2 N–H and O–H groups in total. The summed E-state index contributed by atoms with van der Waals surface area (Å²) in [5.41, 5.74) is 14.2. The van der Waals surface area contributed by atoms with Crippen LogP contribution in [0.5, 0.6) is 0 Å². The number of hydrogen-bond donors (Lipinski definition) is 0. The van der Waals surface area contributed by atoms with Gasteiger partial charge in [0.15, 0.2) is 0 Å². The molecule has 0 aliphatic rings. The summed E-state index contributed by atoms with van der Waals surface area (Å²) in [5, 5.41) is 6.67. The van der Waals surface area contributed by atoms with E-state index in [-0.39, 0.29) is 16.6 Å². The molecule has 7 heteroatoms. The van der Waals surface area contributed by atoms with Gasteiger partial charge in [-0.15, -0.1) is 0 Å². The molecule has 0 aliphatic heterocycles. The first-order chi connectivity index (χ1) is 34.6. The van der Waals surface area contributed by atoms with Gasteiger partial charge in [0.25, 0.3) is 11.1 Å². The third-order valence-electron chi connectivity index (χ3n) is 13.6. The summed E-state index contributed by atoms with van der Waals surface area (Å²) in [7, 11) is 0. The Hall–Kier alpha value is -9.04. The van der Waals surface area contributed by atoms with Crippen LogP contribution in [0, 0.1) is 0 Å². The van der Waals surface area contributed by atoms with Crippen LogP contribution in [-0.4, -0.2) is 24.2 Å². The molecule has 0 saturated heterocycles. The van der Waals surface area contributed by atoms with Crippen LogP contribution in [0.25, 0.3) is 132 Å². The summed E-state index contributed by atoms with van der Waals surface area (Å²) in [4.78, 5) is 40.6. The molecule has 0 spiro atoms. The van der Waals surface area contributed by atoms with Crippen LogP contribution < -0.4 is 11.1 Å². The van der Waals surface area contributed by atoms with Gasteiger partial charge in [-0.2, -0.15) is 0 Å². The summed E-state index contributed by atoms with van der Waals surface area (Å²) < 4.78 is 3.61. The zero-order valence-electron chi connectivity index (χ0n) is 39.7. The van der Waals surface area contributed by atoms with Gasteiger partial charge in [-0.25, -0.2) is 9.97 Å². The Bertz CT molecular complexity index is 4180. The molecule has 71 heavy (non-hydrogen) atoms. The third-order valence-corrected chi connectivity index (χ3v) is 13.6. The lowest BCUT2D eigenvalue weighted by atomic mass is 9.90. The molecule has 0 amide bonds. The van der Waals surface area contributed by atoms with E-state index in [1.54, 1.807) is 8.80 Å². The average molecular weight is 921 g/mol. The highest BCUT2D eigenvalue weighted by Gasteiger charge is 2.24. The van der Waals surface area contributed by atoms with Gasteiger partial charge < -0.3 is 5.48 Å². The zero-order valence-corrected chi connectivity index (χ0v) is 39.7. The van der Waals surface area contributed by atoms with E-state index in [4.69, 9.17) is 9.97 Å². The van der Waals surface area contributed by atoms with Crippen molar-refractivity contribution in [1.82, 2.24) is 18.8 Å². The van der Waals surface area contributed by atoms with Crippen LogP contribution in [0.3, 0.4) is 0 Å². The van der Waals surface area contributed by atoms with Crippen molar-refractivity contribution in [3.8, 4) is 55.6 Å². The second kappa shape index (κ2) is 17.8. The van der Waals surface area contributed by atoms with E-state index in [0.717, 1.165) is 110 Å². The largest absolute Gasteiger partial charge is 0.412 e. The number of hydrogen-bond acceptors (Lipinski definition) is 4. The molecule has 10 aromatic carbocycles. The van der Waals surface area contributed by atoms with E-state index in [2.05, 4.69) is 115 Å². The Balaban J connectivity index is 0.00000107. The van der Waals surface area contributed by atoms with Gasteiger partial charge in [-0.05, 0) is 97.7 Å². The predicted octanol–water partition coefficient (Wildman–Crippen LogP) is 15.1. The third kappa shape index (κ3) is 6.77. The first-order valence-corrected chi connectivity index (χ1v) is 24.2. The van der Waals surface area contributed by atoms with Crippen molar-refractivity contribution in [3.63, 3.8) is 0 Å². The predicted molar refractivity (Wildman–Crippen MR) is 297 cm³/mol. The minimum absolute atomic E-state index is 0. The molecule has 0 aliphatic carbocycles. The Morgan fingerprint density at radius 1 is 0.310 bits per heavy atom. The molecule has 0 saturated carbocycles. The number of aromatic nitrogens is 4. The molecule has 0 unspecified atom stereocenters. The maximum atomic E-state index is 15.0. The quantitative estimate of drug-likeness (QED) is 0.172. The van der Waals surface area contributed by atoms with Gasteiger partial charge in [0.05, 0.1) is 22.1 Å². The second-order valence-electron chi connectivity index (χ2n) is 17.2. The van der Waals surface area contributed by atoms with E-state index >= 15 is 0 Å². The van der Waals surface area contributed by atoms with Gasteiger partial charge in [-0.1, -0.05) is 191 Å². The molecule has 0 bridgehead atoms. The lowest BCUT2D eigenvalue weighted by Gasteiger charge is -2.15. The summed E-state index contributed by atoms with van der Waals surface area (Å²) in [6.45, 7) is 8.00. The van der Waals surface area contributed by atoms with Crippen LogP contribution in [-0.2, 0) is 0 Å². The van der Waals surface area contributed by atoms with E-state index in [1.165, 1.54) is 0 Å². The number of nitrogens with zero attached hydrogens (tertiary/aromatic N) is 4. The van der Waals surface area contributed by atoms with Gasteiger partial charge in [-0.3, -0.25) is 18.4 Å².